The summed E-state index contributed by atoms with van der Waals surface area (Å²) < 4.78 is 16.0. The van der Waals surface area contributed by atoms with Gasteiger partial charge in [-0.1, -0.05) is 6.08 Å². The highest BCUT2D eigenvalue weighted by Gasteiger charge is 2.21. The molecule has 2 aromatic rings. The Bertz CT molecular complexity index is 1010. The number of benzene rings is 1. The molecular formula is C21H21N3O4S. The van der Waals surface area contributed by atoms with E-state index in [0.717, 1.165) is 12.1 Å². The van der Waals surface area contributed by atoms with Crippen LogP contribution in [-0.4, -0.2) is 38.1 Å². The van der Waals surface area contributed by atoms with E-state index in [2.05, 4.69) is 33.8 Å². The third-order valence-electron chi connectivity index (χ3n) is 4.79. The number of nitrogens with zero attached hydrogens (tertiary/aromatic N) is 1. The highest BCUT2D eigenvalue weighted by Crippen LogP contribution is 2.38. The van der Waals surface area contributed by atoms with Crippen LogP contribution in [0.3, 0.4) is 0 Å². The van der Waals surface area contributed by atoms with Crippen molar-refractivity contribution in [2.24, 2.45) is 0 Å². The quantitative estimate of drug-likeness (QED) is 0.675. The largest absolute Gasteiger partial charge is 0.493 e. The fourth-order valence-electron chi connectivity index (χ4n) is 3.32. The van der Waals surface area contributed by atoms with Crippen molar-refractivity contribution in [1.29, 1.82) is 0 Å². The molecule has 0 saturated heterocycles. The highest BCUT2D eigenvalue weighted by atomic mass is 32.1. The van der Waals surface area contributed by atoms with Crippen LogP contribution < -0.4 is 24.8 Å². The van der Waals surface area contributed by atoms with Gasteiger partial charge in [-0.05, 0) is 42.5 Å². The summed E-state index contributed by atoms with van der Waals surface area (Å²) in [5.74, 6) is 1.08. The van der Waals surface area contributed by atoms with Gasteiger partial charge in [-0.15, -0.1) is 11.3 Å². The van der Waals surface area contributed by atoms with Crippen molar-refractivity contribution in [2.45, 2.75) is 12.5 Å². The van der Waals surface area contributed by atoms with E-state index >= 15 is 0 Å². The maximum absolute atomic E-state index is 13.0. The molecule has 2 aliphatic rings. The fourth-order valence-corrected chi connectivity index (χ4v) is 4.03. The van der Waals surface area contributed by atoms with Crippen molar-refractivity contribution >= 4 is 22.3 Å². The highest BCUT2D eigenvalue weighted by molar-refractivity contribution is 7.14. The number of hydrogen-bond acceptors (Lipinski definition) is 8. The Morgan fingerprint density at radius 2 is 1.97 bits per heavy atom. The molecule has 2 N–H and O–H groups in total. The Labute approximate surface area is 172 Å². The van der Waals surface area contributed by atoms with Gasteiger partial charge < -0.3 is 24.8 Å². The minimum atomic E-state index is -0.215. The molecule has 0 radical (unpaired) electrons. The predicted molar refractivity (Wildman–Crippen MR) is 112 cm³/mol. The zero-order chi connectivity index (χ0) is 20.4. The van der Waals surface area contributed by atoms with Gasteiger partial charge >= 0.3 is 0 Å². The Balaban J connectivity index is 1.54. The van der Waals surface area contributed by atoms with E-state index in [9.17, 15) is 4.79 Å². The van der Waals surface area contributed by atoms with Gasteiger partial charge in [0.1, 0.15) is 5.69 Å². The van der Waals surface area contributed by atoms with Gasteiger partial charge in [0.2, 0.25) is 11.5 Å². The number of fused-ring (bicyclic) bond motifs is 1. The molecular weight excluding hydrogens is 390 g/mol. The first kappa shape index (κ1) is 19.1. The monoisotopic (exact) mass is 411 g/mol. The van der Waals surface area contributed by atoms with E-state index in [-0.39, 0.29) is 5.78 Å². The normalized spacial score (nSPS) is 17.0. The Kier molecular flexibility index (Phi) is 5.26. The van der Waals surface area contributed by atoms with Crippen LogP contribution in [0.4, 0.5) is 5.13 Å². The van der Waals surface area contributed by atoms with Crippen LogP contribution in [0, 0.1) is 0 Å². The van der Waals surface area contributed by atoms with Crippen LogP contribution in [0.2, 0.25) is 0 Å². The average Bonchev–Trinajstić information content (AvgIpc) is 3.41. The number of carbonyl (C=O) groups is 1. The molecule has 7 nitrogen and oxygen atoms in total. The topological polar surface area (TPSA) is 81.7 Å². The first-order valence-electron chi connectivity index (χ1n) is 9.04. The van der Waals surface area contributed by atoms with Crippen molar-refractivity contribution in [3.63, 3.8) is 0 Å². The van der Waals surface area contributed by atoms with E-state index in [4.69, 9.17) is 14.2 Å². The van der Waals surface area contributed by atoms with E-state index in [1.165, 1.54) is 38.2 Å². The van der Waals surface area contributed by atoms with Crippen LogP contribution >= 0.6 is 11.3 Å². The SMILES string of the molecule is COc1cc(C(=O)c2csc(NC3=CCC4NC=CC4=C3)n2)cc(OC)c1OC. The summed E-state index contributed by atoms with van der Waals surface area (Å²) in [6.07, 6.45) is 9.15. The molecule has 1 unspecified atom stereocenters. The number of thiazole rings is 1. The molecule has 1 aromatic heterocycles. The van der Waals surface area contributed by atoms with Gasteiger partial charge in [0.25, 0.3) is 0 Å². The number of ketones is 1. The molecule has 0 fully saturated rings. The second-order valence-corrected chi connectivity index (χ2v) is 7.36. The summed E-state index contributed by atoms with van der Waals surface area (Å²) in [5.41, 5.74) is 2.99. The number of aromatic nitrogens is 1. The minimum Gasteiger partial charge on any atom is -0.493 e. The summed E-state index contributed by atoms with van der Waals surface area (Å²) >= 11 is 1.39. The number of anilines is 1. The average molecular weight is 411 g/mol. The molecule has 29 heavy (non-hydrogen) atoms. The van der Waals surface area contributed by atoms with E-state index in [1.807, 2.05) is 6.20 Å². The van der Waals surface area contributed by atoms with Crippen molar-refractivity contribution in [3.05, 3.63) is 64.5 Å². The van der Waals surface area contributed by atoms with Gasteiger partial charge in [0.05, 0.1) is 27.4 Å². The third kappa shape index (κ3) is 3.71. The standard InChI is InChI=1S/C21H21N3O4S/c1-26-17-9-13(10-18(27-2)20(17)28-3)19(25)16-11-29-21(24-16)23-14-4-5-15-12(8-14)6-7-22-15/h4,6-11,15,22H,5H2,1-3H3,(H,23,24). The van der Waals surface area contributed by atoms with Crippen molar-refractivity contribution in [1.82, 2.24) is 10.3 Å². The van der Waals surface area contributed by atoms with Crippen LogP contribution in [-0.2, 0) is 0 Å². The first-order chi connectivity index (χ1) is 14.1. The maximum atomic E-state index is 13.0. The second kappa shape index (κ2) is 8.00. The number of nitrogens with one attached hydrogen (secondary N) is 2. The molecule has 0 saturated carbocycles. The molecule has 4 rings (SSSR count). The molecule has 1 aliphatic heterocycles. The predicted octanol–water partition coefficient (Wildman–Crippen LogP) is 3.51. The van der Waals surface area contributed by atoms with Gasteiger partial charge in [-0.2, -0.15) is 0 Å². The Morgan fingerprint density at radius 3 is 2.66 bits per heavy atom. The summed E-state index contributed by atoms with van der Waals surface area (Å²) in [4.78, 5) is 17.4. The molecule has 1 aromatic carbocycles. The number of rotatable bonds is 7. The smallest absolute Gasteiger partial charge is 0.212 e. The summed E-state index contributed by atoms with van der Waals surface area (Å²) in [6.45, 7) is 0. The fraction of sp³-hybridized carbons (Fsp3) is 0.238. The molecule has 2 heterocycles. The van der Waals surface area contributed by atoms with Crippen LogP contribution in [0.15, 0.2) is 53.2 Å². The van der Waals surface area contributed by atoms with Crippen LogP contribution in [0.25, 0.3) is 0 Å². The van der Waals surface area contributed by atoms with Crippen LogP contribution in [0.5, 0.6) is 17.2 Å². The lowest BCUT2D eigenvalue weighted by molar-refractivity contribution is 0.103. The zero-order valence-corrected chi connectivity index (χ0v) is 17.1. The Hall–Kier alpha value is -3.26. The lowest BCUT2D eigenvalue weighted by Gasteiger charge is -2.17. The molecule has 1 atom stereocenters. The van der Waals surface area contributed by atoms with Crippen LogP contribution in [0.1, 0.15) is 22.5 Å². The number of carbonyl (C=O) groups excluding carboxylic acids is 1. The van der Waals surface area contributed by atoms with E-state index in [0.29, 0.717) is 39.7 Å². The minimum absolute atomic E-state index is 0.215. The first-order valence-corrected chi connectivity index (χ1v) is 9.92. The van der Waals surface area contributed by atoms with E-state index < -0.39 is 0 Å². The van der Waals surface area contributed by atoms with E-state index in [1.54, 1.807) is 17.5 Å². The van der Waals surface area contributed by atoms with Gasteiger partial charge in [-0.3, -0.25) is 4.79 Å². The van der Waals surface area contributed by atoms with Crippen molar-refractivity contribution < 1.29 is 19.0 Å². The molecule has 0 amide bonds. The van der Waals surface area contributed by atoms with Gasteiger partial charge in [0, 0.05) is 16.6 Å². The van der Waals surface area contributed by atoms with Crippen molar-refractivity contribution in [2.75, 3.05) is 26.6 Å². The summed E-state index contributed by atoms with van der Waals surface area (Å²) in [7, 11) is 4.56. The molecule has 0 spiro atoms. The number of ether oxygens (including phenoxy) is 3. The molecule has 150 valence electrons. The Morgan fingerprint density at radius 1 is 1.21 bits per heavy atom. The summed E-state index contributed by atoms with van der Waals surface area (Å²) in [5, 5.41) is 9.00. The lowest BCUT2D eigenvalue weighted by atomic mass is 10.00. The zero-order valence-electron chi connectivity index (χ0n) is 16.3. The molecule has 0 bridgehead atoms. The number of methoxy groups -OCH3 is 3. The molecule has 1 aliphatic carbocycles. The third-order valence-corrected chi connectivity index (χ3v) is 5.54. The lowest BCUT2D eigenvalue weighted by Crippen LogP contribution is -2.22. The van der Waals surface area contributed by atoms with Gasteiger partial charge in [0.15, 0.2) is 16.6 Å². The van der Waals surface area contributed by atoms with Gasteiger partial charge in [-0.25, -0.2) is 4.98 Å². The maximum Gasteiger partial charge on any atom is 0.212 e. The summed E-state index contributed by atoms with van der Waals surface area (Å²) in [6, 6.07) is 3.61. The molecule has 8 heteroatoms. The number of hydrogen-bond donors (Lipinski definition) is 2. The second-order valence-electron chi connectivity index (χ2n) is 6.50. The number of allylic oxidation sites excluding steroid dienone is 1. The van der Waals surface area contributed by atoms with Crippen molar-refractivity contribution in [3.8, 4) is 17.2 Å².